The molecule has 1 fully saturated rings. The van der Waals surface area contributed by atoms with Crippen molar-refractivity contribution >= 4 is 38.4 Å². The SMILES string of the molecule is O=C(NS(=O)(=O)c1cnc(OCC2CCOCC2)c(Cl)c1)c1ccccc1Oc1cccc2[nH]ccc12. The van der Waals surface area contributed by atoms with Gasteiger partial charge < -0.3 is 19.2 Å². The summed E-state index contributed by atoms with van der Waals surface area (Å²) >= 11 is 6.25. The normalized spacial score (nSPS) is 14.4. The van der Waals surface area contributed by atoms with Crippen LogP contribution in [0, 0.1) is 5.92 Å². The van der Waals surface area contributed by atoms with Crippen LogP contribution in [-0.4, -0.2) is 44.1 Å². The number of benzene rings is 2. The van der Waals surface area contributed by atoms with Gasteiger partial charge >= 0.3 is 0 Å². The van der Waals surface area contributed by atoms with Crippen molar-refractivity contribution in [2.45, 2.75) is 17.7 Å². The lowest BCUT2D eigenvalue weighted by atomic mass is 10.0. The van der Waals surface area contributed by atoms with E-state index in [-0.39, 0.29) is 27.1 Å². The molecule has 4 aromatic rings. The van der Waals surface area contributed by atoms with E-state index in [1.165, 1.54) is 12.1 Å². The van der Waals surface area contributed by atoms with Crippen LogP contribution < -0.4 is 14.2 Å². The first-order valence-corrected chi connectivity index (χ1v) is 13.5. The van der Waals surface area contributed by atoms with E-state index in [2.05, 4.69) is 14.7 Å². The van der Waals surface area contributed by atoms with E-state index < -0.39 is 15.9 Å². The zero-order chi connectivity index (χ0) is 25.8. The molecule has 2 aromatic carbocycles. The van der Waals surface area contributed by atoms with Gasteiger partial charge in [-0.25, -0.2) is 18.1 Å². The molecule has 1 aliphatic heterocycles. The molecule has 11 heteroatoms. The van der Waals surface area contributed by atoms with Gasteiger partial charge in [0, 0.05) is 30.3 Å². The summed E-state index contributed by atoms with van der Waals surface area (Å²) in [7, 11) is -4.28. The van der Waals surface area contributed by atoms with Crippen molar-refractivity contribution in [3.05, 3.63) is 77.6 Å². The number of pyridine rings is 1. The molecule has 37 heavy (non-hydrogen) atoms. The standard InChI is InChI=1S/C26H24ClN3O6S/c27-21-14-18(15-29-26(21)35-16-17-9-12-34-13-10-17)37(32,33)30-25(31)20-4-1-2-6-24(20)36-23-7-3-5-22-19(23)8-11-28-22/h1-8,11,14-15,17,28H,9-10,12-13,16H2,(H,30,31). The highest BCUT2D eigenvalue weighted by molar-refractivity contribution is 7.90. The summed E-state index contributed by atoms with van der Waals surface area (Å²) in [4.78, 5) is 19.9. The first-order chi connectivity index (χ1) is 17.9. The van der Waals surface area contributed by atoms with Crippen molar-refractivity contribution in [3.63, 3.8) is 0 Å². The number of aromatic nitrogens is 2. The topological polar surface area (TPSA) is 120 Å². The van der Waals surface area contributed by atoms with Gasteiger partial charge in [-0.05, 0) is 55.2 Å². The quantitative estimate of drug-likeness (QED) is 0.324. The first kappa shape index (κ1) is 25.1. The third kappa shape index (κ3) is 5.71. The van der Waals surface area contributed by atoms with Crippen LogP contribution in [0.1, 0.15) is 23.2 Å². The Morgan fingerprint density at radius 2 is 1.89 bits per heavy atom. The fraction of sp³-hybridized carbons (Fsp3) is 0.231. The van der Waals surface area contributed by atoms with E-state index in [0.717, 1.165) is 29.9 Å². The van der Waals surface area contributed by atoms with E-state index in [0.29, 0.717) is 31.5 Å². The molecule has 2 N–H and O–H groups in total. The van der Waals surface area contributed by atoms with Crippen LogP contribution in [0.15, 0.2) is 71.9 Å². The Bertz CT molecular complexity index is 1530. The fourth-order valence-corrected chi connectivity index (χ4v) is 5.24. The average molecular weight is 542 g/mol. The number of nitrogens with zero attached hydrogens (tertiary/aromatic N) is 1. The maximum absolute atomic E-state index is 13.0. The molecule has 0 radical (unpaired) electrons. The lowest BCUT2D eigenvalue weighted by Gasteiger charge is -2.22. The Morgan fingerprint density at radius 3 is 2.70 bits per heavy atom. The predicted octanol–water partition coefficient (Wildman–Crippen LogP) is 4.93. The van der Waals surface area contributed by atoms with Crippen LogP contribution in [0.3, 0.4) is 0 Å². The summed E-state index contributed by atoms with van der Waals surface area (Å²) in [5, 5.41) is 0.857. The molecule has 2 aromatic heterocycles. The molecular weight excluding hydrogens is 518 g/mol. The number of hydrogen-bond donors (Lipinski definition) is 2. The van der Waals surface area contributed by atoms with Gasteiger partial charge in [-0.1, -0.05) is 29.8 Å². The Hall–Kier alpha value is -3.60. The minimum absolute atomic E-state index is 0.0331. The van der Waals surface area contributed by atoms with E-state index in [1.807, 2.05) is 18.2 Å². The molecule has 0 aliphatic carbocycles. The van der Waals surface area contributed by atoms with Crippen LogP contribution in [0.4, 0.5) is 0 Å². The Labute approximate surface area is 218 Å². The van der Waals surface area contributed by atoms with E-state index >= 15 is 0 Å². The number of halogens is 1. The lowest BCUT2D eigenvalue weighted by molar-refractivity contribution is 0.0490. The van der Waals surface area contributed by atoms with E-state index in [4.69, 9.17) is 25.8 Å². The Morgan fingerprint density at radius 1 is 1.11 bits per heavy atom. The van der Waals surface area contributed by atoms with Gasteiger partial charge in [-0.15, -0.1) is 0 Å². The first-order valence-electron chi connectivity index (χ1n) is 11.7. The lowest BCUT2D eigenvalue weighted by Crippen LogP contribution is -2.31. The zero-order valence-corrected chi connectivity index (χ0v) is 21.2. The molecule has 1 aliphatic rings. The largest absolute Gasteiger partial charge is 0.476 e. The van der Waals surface area contributed by atoms with Crippen molar-refractivity contribution < 1.29 is 27.4 Å². The van der Waals surface area contributed by atoms with Gasteiger partial charge in [0.1, 0.15) is 21.4 Å². The Balaban J connectivity index is 1.31. The molecule has 0 saturated carbocycles. The molecule has 0 atom stereocenters. The number of fused-ring (bicyclic) bond motifs is 1. The number of rotatable bonds is 8. The molecule has 1 amide bonds. The molecule has 3 heterocycles. The van der Waals surface area contributed by atoms with Crippen LogP contribution in [0.25, 0.3) is 10.9 Å². The van der Waals surface area contributed by atoms with Crippen LogP contribution in [0.2, 0.25) is 5.02 Å². The summed E-state index contributed by atoms with van der Waals surface area (Å²) < 4.78 is 45.0. The van der Waals surface area contributed by atoms with Gasteiger partial charge in [0.2, 0.25) is 5.88 Å². The summed E-state index contributed by atoms with van der Waals surface area (Å²) in [5.74, 6) is 0.329. The number of ether oxygens (including phenoxy) is 3. The third-order valence-corrected chi connectivity index (χ3v) is 7.59. The monoisotopic (exact) mass is 541 g/mol. The molecular formula is C26H24ClN3O6S. The van der Waals surface area contributed by atoms with Crippen molar-refractivity contribution in [3.8, 4) is 17.4 Å². The second-order valence-electron chi connectivity index (χ2n) is 8.55. The molecule has 0 bridgehead atoms. The number of carbonyl (C=O) groups excluding carboxylic acids is 1. The van der Waals surface area contributed by atoms with Crippen LogP contribution in [-0.2, 0) is 14.8 Å². The van der Waals surface area contributed by atoms with Crippen molar-refractivity contribution in [1.82, 2.24) is 14.7 Å². The molecule has 9 nitrogen and oxygen atoms in total. The summed E-state index contributed by atoms with van der Waals surface area (Å²) in [6.07, 6.45) is 4.64. The van der Waals surface area contributed by atoms with Gasteiger partial charge in [-0.3, -0.25) is 4.79 Å². The highest BCUT2D eigenvalue weighted by Crippen LogP contribution is 2.32. The molecule has 5 rings (SSSR count). The van der Waals surface area contributed by atoms with Crippen molar-refractivity contribution in [2.75, 3.05) is 19.8 Å². The second-order valence-corrected chi connectivity index (χ2v) is 10.6. The van der Waals surface area contributed by atoms with Gasteiger partial charge in [0.15, 0.2) is 0 Å². The number of carbonyl (C=O) groups is 1. The number of H-pyrrole nitrogens is 1. The predicted molar refractivity (Wildman–Crippen MR) is 138 cm³/mol. The van der Waals surface area contributed by atoms with E-state index in [1.54, 1.807) is 30.5 Å². The third-order valence-electron chi connectivity index (χ3n) is 6.02. The van der Waals surface area contributed by atoms with Crippen molar-refractivity contribution in [2.24, 2.45) is 5.92 Å². The number of aromatic amines is 1. The Kier molecular flexibility index (Phi) is 7.31. The van der Waals surface area contributed by atoms with Crippen LogP contribution >= 0.6 is 11.6 Å². The number of sulfonamides is 1. The molecule has 0 spiro atoms. The highest BCUT2D eigenvalue weighted by Gasteiger charge is 2.24. The summed E-state index contributed by atoms with van der Waals surface area (Å²) in [6, 6.07) is 14.9. The zero-order valence-electron chi connectivity index (χ0n) is 19.6. The number of nitrogens with one attached hydrogen (secondary N) is 2. The fourth-order valence-electron chi connectivity index (χ4n) is 4.01. The molecule has 1 saturated heterocycles. The number of para-hydroxylation sites is 1. The summed E-state index contributed by atoms with van der Waals surface area (Å²) in [6.45, 7) is 1.77. The minimum Gasteiger partial charge on any atom is -0.476 e. The maximum Gasteiger partial charge on any atom is 0.268 e. The number of amides is 1. The van der Waals surface area contributed by atoms with Crippen molar-refractivity contribution in [1.29, 1.82) is 0 Å². The smallest absolute Gasteiger partial charge is 0.268 e. The maximum atomic E-state index is 13.0. The van der Waals surface area contributed by atoms with Gasteiger partial charge in [-0.2, -0.15) is 0 Å². The molecule has 192 valence electrons. The summed E-state index contributed by atoms with van der Waals surface area (Å²) in [5.41, 5.74) is 0.917. The number of hydrogen-bond acceptors (Lipinski definition) is 7. The van der Waals surface area contributed by atoms with Crippen LogP contribution in [0.5, 0.6) is 17.4 Å². The minimum atomic E-state index is -4.28. The second kappa shape index (κ2) is 10.8. The van der Waals surface area contributed by atoms with E-state index in [9.17, 15) is 13.2 Å². The molecule has 0 unspecified atom stereocenters. The van der Waals surface area contributed by atoms with Gasteiger partial charge in [0.05, 0.1) is 18.4 Å². The highest BCUT2D eigenvalue weighted by atomic mass is 35.5. The van der Waals surface area contributed by atoms with Gasteiger partial charge in [0.25, 0.3) is 15.9 Å². The average Bonchev–Trinajstić information content (AvgIpc) is 3.39.